The van der Waals surface area contributed by atoms with Crippen LogP contribution in [0.3, 0.4) is 0 Å². The summed E-state index contributed by atoms with van der Waals surface area (Å²) in [5.74, 6) is 0.280. The van der Waals surface area contributed by atoms with Crippen LogP contribution in [0.15, 0.2) is 17.5 Å². The maximum absolute atomic E-state index is 12.2. The van der Waals surface area contributed by atoms with Crippen LogP contribution >= 0.6 is 11.3 Å². The molecule has 1 atom stereocenters. The van der Waals surface area contributed by atoms with Crippen molar-refractivity contribution < 1.29 is 4.79 Å². The number of likely N-dealkylation sites (tertiary alicyclic amines) is 1. The van der Waals surface area contributed by atoms with Crippen molar-refractivity contribution in [3.8, 4) is 0 Å². The topological polar surface area (TPSA) is 32.3 Å². The van der Waals surface area contributed by atoms with Crippen LogP contribution in [0.5, 0.6) is 0 Å². The van der Waals surface area contributed by atoms with Gasteiger partial charge in [0.05, 0.1) is 0 Å². The van der Waals surface area contributed by atoms with Gasteiger partial charge in [0, 0.05) is 35.5 Å². The van der Waals surface area contributed by atoms with Crippen molar-refractivity contribution in [2.24, 2.45) is 5.41 Å². The second kappa shape index (κ2) is 6.27. The number of hydrogen-bond acceptors (Lipinski definition) is 3. The molecule has 1 saturated heterocycles. The lowest BCUT2D eigenvalue weighted by atomic mass is 9.93. The van der Waals surface area contributed by atoms with Gasteiger partial charge in [0.15, 0.2) is 0 Å². The maximum atomic E-state index is 12.2. The van der Waals surface area contributed by atoms with Crippen LogP contribution < -0.4 is 5.32 Å². The Balaban J connectivity index is 1.81. The van der Waals surface area contributed by atoms with Crippen LogP contribution in [0.25, 0.3) is 0 Å². The highest BCUT2D eigenvalue weighted by atomic mass is 32.1. The minimum Gasteiger partial charge on any atom is -0.342 e. The second-order valence-corrected chi connectivity index (χ2v) is 7.70. The summed E-state index contributed by atoms with van der Waals surface area (Å²) in [6.07, 6.45) is 2.11. The highest BCUT2D eigenvalue weighted by Crippen LogP contribution is 2.23. The molecule has 3 nitrogen and oxygen atoms in total. The van der Waals surface area contributed by atoms with E-state index in [2.05, 4.69) is 29.8 Å². The van der Waals surface area contributed by atoms with E-state index in [-0.39, 0.29) is 11.3 Å². The van der Waals surface area contributed by atoms with Crippen LogP contribution in [0.1, 0.15) is 51.5 Å². The van der Waals surface area contributed by atoms with Crippen molar-refractivity contribution in [2.45, 2.75) is 52.6 Å². The summed E-state index contributed by atoms with van der Waals surface area (Å²) >= 11 is 1.80. The van der Waals surface area contributed by atoms with E-state index < -0.39 is 0 Å². The maximum Gasteiger partial charge on any atom is 0.227 e. The summed E-state index contributed by atoms with van der Waals surface area (Å²) in [6, 6.07) is 5.21. The van der Waals surface area contributed by atoms with Crippen molar-refractivity contribution >= 4 is 17.2 Å². The number of nitrogens with zero attached hydrogens (tertiary/aromatic N) is 1. The van der Waals surface area contributed by atoms with Gasteiger partial charge in [0.1, 0.15) is 0 Å². The van der Waals surface area contributed by atoms with E-state index in [4.69, 9.17) is 0 Å². The molecule has 1 aromatic rings. The highest BCUT2D eigenvalue weighted by molar-refractivity contribution is 7.10. The van der Waals surface area contributed by atoms with Crippen LogP contribution in [0, 0.1) is 5.41 Å². The highest BCUT2D eigenvalue weighted by Gasteiger charge is 2.30. The van der Waals surface area contributed by atoms with Gasteiger partial charge in [0.25, 0.3) is 0 Å². The first-order chi connectivity index (χ1) is 9.38. The standard InChI is InChI=1S/C16H26N2OS/c1-12(14-6-5-11-20-14)17-13-7-9-18(10-8-13)15(19)16(2,3)4/h5-6,11-13,17H,7-10H2,1-4H3. The van der Waals surface area contributed by atoms with E-state index in [9.17, 15) is 4.79 Å². The van der Waals surface area contributed by atoms with Gasteiger partial charge in [-0.05, 0) is 31.2 Å². The molecule has 0 saturated carbocycles. The first-order valence-corrected chi connectivity index (χ1v) is 8.34. The average molecular weight is 294 g/mol. The Hall–Kier alpha value is -0.870. The number of hydrogen-bond donors (Lipinski definition) is 1. The number of carbonyl (C=O) groups is 1. The number of amides is 1. The van der Waals surface area contributed by atoms with Crippen LogP contribution in [-0.2, 0) is 4.79 Å². The third-order valence-electron chi connectivity index (χ3n) is 3.88. The van der Waals surface area contributed by atoms with Crippen LogP contribution in [0.4, 0.5) is 0 Å². The minimum atomic E-state index is -0.259. The number of carbonyl (C=O) groups excluding carboxylic acids is 1. The SMILES string of the molecule is CC(NC1CCN(C(=O)C(C)(C)C)CC1)c1cccs1. The Kier molecular flexibility index (Phi) is 4.86. The number of nitrogens with one attached hydrogen (secondary N) is 1. The molecule has 112 valence electrons. The molecular formula is C16H26N2OS. The van der Waals surface area contributed by atoms with Crippen molar-refractivity contribution in [1.29, 1.82) is 0 Å². The van der Waals surface area contributed by atoms with Gasteiger partial charge in [-0.25, -0.2) is 0 Å². The molecule has 1 amide bonds. The summed E-state index contributed by atoms with van der Waals surface area (Å²) in [4.78, 5) is 15.7. The largest absolute Gasteiger partial charge is 0.342 e. The van der Waals surface area contributed by atoms with Gasteiger partial charge < -0.3 is 10.2 Å². The molecule has 0 bridgehead atoms. The summed E-state index contributed by atoms with van der Waals surface area (Å²) in [6.45, 7) is 9.98. The average Bonchev–Trinajstić information content (AvgIpc) is 2.91. The summed E-state index contributed by atoms with van der Waals surface area (Å²) < 4.78 is 0. The lowest BCUT2D eigenvalue weighted by Crippen LogP contribution is -2.48. The van der Waals surface area contributed by atoms with Crippen molar-refractivity contribution in [3.05, 3.63) is 22.4 Å². The zero-order valence-electron chi connectivity index (χ0n) is 13.0. The molecule has 2 heterocycles. The molecule has 1 aromatic heterocycles. The normalized spacial score (nSPS) is 19.1. The van der Waals surface area contributed by atoms with E-state index in [0.717, 1.165) is 25.9 Å². The van der Waals surface area contributed by atoms with Crippen molar-refractivity contribution in [1.82, 2.24) is 10.2 Å². The van der Waals surface area contributed by atoms with E-state index in [1.54, 1.807) is 11.3 Å². The first kappa shape index (κ1) is 15.5. The van der Waals surface area contributed by atoms with Gasteiger partial charge >= 0.3 is 0 Å². The molecular weight excluding hydrogens is 268 g/mol. The smallest absolute Gasteiger partial charge is 0.227 e. The van der Waals surface area contributed by atoms with Gasteiger partial charge in [-0.3, -0.25) is 4.79 Å². The molecule has 1 aliphatic rings. The zero-order valence-corrected chi connectivity index (χ0v) is 13.8. The lowest BCUT2D eigenvalue weighted by molar-refractivity contribution is -0.140. The molecule has 1 unspecified atom stereocenters. The molecule has 1 N–H and O–H groups in total. The van der Waals surface area contributed by atoms with Gasteiger partial charge in [0.2, 0.25) is 5.91 Å². The fourth-order valence-corrected chi connectivity index (χ4v) is 3.44. The molecule has 1 aliphatic heterocycles. The summed E-state index contributed by atoms with van der Waals surface area (Å²) in [5, 5.41) is 5.82. The molecule has 0 aliphatic carbocycles. The van der Waals surface area contributed by atoms with E-state index in [0.29, 0.717) is 12.1 Å². The number of rotatable bonds is 3. The van der Waals surface area contributed by atoms with Gasteiger partial charge in [-0.1, -0.05) is 26.8 Å². The Morgan fingerprint density at radius 1 is 1.40 bits per heavy atom. The Morgan fingerprint density at radius 2 is 2.05 bits per heavy atom. The van der Waals surface area contributed by atoms with E-state index in [1.807, 2.05) is 25.7 Å². The third-order valence-corrected chi connectivity index (χ3v) is 4.93. The predicted octanol–water partition coefficient (Wildman–Crippen LogP) is 3.44. The number of thiophene rings is 1. The minimum absolute atomic E-state index is 0.259. The summed E-state index contributed by atoms with van der Waals surface area (Å²) in [7, 11) is 0. The van der Waals surface area contributed by atoms with Gasteiger partial charge in [-0.15, -0.1) is 11.3 Å². The molecule has 0 radical (unpaired) electrons. The quantitative estimate of drug-likeness (QED) is 0.926. The monoisotopic (exact) mass is 294 g/mol. The molecule has 2 rings (SSSR count). The molecule has 0 spiro atoms. The Morgan fingerprint density at radius 3 is 2.55 bits per heavy atom. The Labute approximate surface area is 126 Å². The Bertz CT molecular complexity index is 428. The van der Waals surface area contributed by atoms with Crippen molar-refractivity contribution in [3.63, 3.8) is 0 Å². The fourth-order valence-electron chi connectivity index (χ4n) is 2.70. The first-order valence-electron chi connectivity index (χ1n) is 7.47. The zero-order chi connectivity index (χ0) is 14.8. The molecule has 4 heteroatoms. The van der Waals surface area contributed by atoms with Crippen molar-refractivity contribution in [2.75, 3.05) is 13.1 Å². The second-order valence-electron chi connectivity index (χ2n) is 6.72. The number of piperidine rings is 1. The third kappa shape index (κ3) is 3.83. The van der Waals surface area contributed by atoms with Crippen LogP contribution in [-0.4, -0.2) is 29.9 Å². The fraction of sp³-hybridized carbons (Fsp3) is 0.688. The predicted molar refractivity (Wildman–Crippen MR) is 84.9 cm³/mol. The van der Waals surface area contributed by atoms with Crippen LogP contribution in [0.2, 0.25) is 0 Å². The van der Waals surface area contributed by atoms with Gasteiger partial charge in [-0.2, -0.15) is 0 Å². The van der Waals surface area contributed by atoms with E-state index in [1.165, 1.54) is 4.88 Å². The molecule has 1 fully saturated rings. The molecule has 20 heavy (non-hydrogen) atoms. The summed E-state index contributed by atoms with van der Waals surface area (Å²) in [5.41, 5.74) is -0.259. The lowest BCUT2D eigenvalue weighted by Gasteiger charge is -2.36. The molecule has 0 aromatic carbocycles. The van der Waals surface area contributed by atoms with E-state index >= 15 is 0 Å².